The molecule has 11 heteroatoms. The van der Waals surface area contributed by atoms with E-state index in [-0.39, 0.29) is 0 Å². The number of hydrogen-bond donors (Lipinski definition) is 4. The molecule has 0 aromatic carbocycles. The predicted octanol–water partition coefficient (Wildman–Crippen LogP) is -2.01. The third-order valence-corrected chi connectivity index (χ3v) is 3.57. The van der Waals surface area contributed by atoms with Gasteiger partial charge in [0.15, 0.2) is 6.23 Å². The molecule has 4 N–H and O–H groups in total. The zero-order valence-electron chi connectivity index (χ0n) is 10.9. The van der Waals surface area contributed by atoms with Gasteiger partial charge in [-0.1, -0.05) is 0 Å². The van der Waals surface area contributed by atoms with E-state index in [0.717, 1.165) is 23.5 Å². The van der Waals surface area contributed by atoms with Crippen LogP contribution in [-0.4, -0.2) is 56.2 Å². The van der Waals surface area contributed by atoms with Gasteiger partial charge < -0.3 is 19.8 Å². The van der Waals surface area contributed by atoms with E-state index in [1.165, 1.54) is 0 Å². The Morgan fingerprint density at radius 3 is 2.71 bits per heavy atom. The van der Waals surface area contributed by atoms with E-state index in [1.54, 1.807) is 0 Å². The Morgan fingerprint density at radius 1 is 1.52 bits per heavy atom. The van der Waals surface area contributed by atoms with Crippen LogP contribution in [-0.2, 0) is 13.8 Å². The summed E-state index contributed by atoms with van der Waals surface area (Å²) in [5.74, 6) is 0. The summed E-state index contributed by atoms with van der Waals surface area (Å²) in [6.07, 6.45) is -4.02. The van der Waals surface area contributed by atoms with Gasteiger partial charge in [0, 0.05) is 18.9 Å². The number of aliphatic hydroxyl groups is 2. The van der Waals surface area contributed by atoms with Gasteiger partial charge in [0.2, 0.25) is 0 Å². The molecule has 1 saturated heterocycles. The Kier molecular flexibility index (Phi) is 4.47. The van der Waals surface area contributed by atoms with Crippen molar-refractivity contribution in [3.63, 3.8) is 0 Å². The molecule has 0 amide bonds. The molecule has 0 bridgehead atoms. The van der Waals surface area contributed by atoms with Crippen LogP contribution in [0.2, 0.25) is 0 Å². The van der Waals surface area contributed by atoms with Crippen molar-refractivity contribution in [1.29, 1.82) is 0 Å². The summed E-state index contributed by atoms with van der Waals surface area (Å²) in [7, 11) is -3.94. The SMILES string of the molecule is CP(=O)(O)O[C@H]1[C@@H](O)[C@H](n2ccc(=O)[nH]c2=O)O[C@@H]1CO. The monoisotopic (exact) mass is 322 g/mol. The molecule has 0 spiro atoms. The maximum absolute atomic E-state index is 11.7. The number of aromatic nitrogens is 2. The van der Waals surface area contributed by atoms with Gasteiger partial charge in [-0.15, -0.1) is 0 Å². The molecule has 1 aromatic heterocycles. The number of aromatic amines is 1. The van der Waals surface area contributed by atoms with E-state index < -0.39 is 50.0 Å². The summed E-state index contributed by atoms with van der Waals surface area (Å²) >= 11 is 0. The molecule has 0 radical (unpaired) electrons. The molecule has 2 rings (SSSR count). The number of aliphatic hydroxyl groups excluding tert-OH is 2. The molecular formula is C10H15N2O8P. The average Bonchev–Trinajstić information content (AvgIpc) is 2.65. The van der Waals surface area contributed by atoms with Crippen LogP contribution in [0, 0.1) is 0 Å². The Labute approximate surface area is 118 Å². The summed E-state index contributed by atoms with van der Waals surface area (Å²) in [5.41, 5.74) is -1.45. The first kappa shape index (κ1) is 16.1. The summed E-state index contributed by atoms with van der Waals surface area (Å²) in [6, 6.07) is 1.05. The molecule has 0 saturated carbocycles. The Hall–Kier alpha value is -1.29. The van der Waals surface area contributed by atoms with Crippen molar-refractivity contribution < 1.29 is 28.9 Å². The largest absolute Gasteiger partial charge is 0.394 e. The van der Waals surface area contributed by atoms with Crippen molar-refractivity contribution in [1.82, 2.24) is 9.55 Å². The molecule has 1 aliphatic heterocycles. The van der Waals surface area contributed by atoms with Gasteiger partial charge in [-0.05, 0) is 0 Å². The van der Waals surface area contributed by atoms with Crippen molar-refractivity contribution in [2.24, 2.45) is 0 Å². The smallest absolute Gasteiger partial charge is 0.330 e. The van der Waals surface area contributed by atoms with Crippen molar-refractivity contribution >= 4 is 7.60 Å². The number of rotatable bonds is 4. The lowest BCUT2D eigenvalue weighted by Gasteiger charge is -2.21. The van der Waals surface area contributed by atoms with Gasteiger partial charge in [0.05, 0.1) is 6.61 Å². The summed E-state index contributed by atoms with van der Waals surface area (Å²) in [4.78, 5) is 33.9. The highest BCUT2D eigenvalue weighted by molar-refractivity contribution is 7.51. The highest BCUT2D eigenvalue weighted by Crippen LogP contribution is 2.43. The van der Waals surface area contributed by atoms with Gasteiger partial charge in [0.1, 0.15) is 18.3 Å². The normalized spacial score (nSPS) is 32.0. The predicted molar refractivity (Wildman–Crippen MR) is 68.9 cm³/mol. The standard InChI is InChI=1S/C10H15N2O8P/c1-21(17,18)20-8-5(4-13)19-9(7(8)15)12-3-2-6(14)11-10(12)16/h2-3,5,7-9,13,15H,4H2,1H3,(H,17,18)(H,11,14,16)/t5-,7-,8-,9-/m1/s1. The number of ether oxygens (including phenoxy) is 1. The number of nitrogens with zero attached hydrogens (tertiary/aromatic N) is 1. The maximum Gasteiger partial charge on any atom is 0.330 e. The van der Waals surface area contributed by atoms with Crippen LogP contribution >= 0.6 is 7.60 Å². The molecule has 2 heterocycles. The van der Waals surface area contributed by atoms with Gasteiger partial charge in [-0.3, -0.25) is 23.4 Å². The molecule has 21 heavy (non-hydrogen) atoms. The van der Waals surface area contributed by atoms with Gasteiger partial charge >= 0.3 is 13.3 Å². The van der Waals surface area contributed by atoms with Crippen LogP contribution in [0.4, 0.5) is 0 Å². The van der Waals surface area contributed by atoms with Crippen molar-refractivity contribution in [2.75, 3.05) is 13.3 Å². The molecule has 1 unspecified atom stereocenters. The minimum absolute atomic E-state index is 0.587. The number of H-pyrrole nitrogens is 1. The second-order valence-electron chi connectivity index (χ2n) is 4.63. The van der Waals surface area contributed by atoms with Gasteiger partial charge in [0.25, 0.3) is 5.56 Å². The minimum atomic E-state index is -3.94. The maximum atomic E-state index is 11.7. The molecule has 1 aromatic rings. The summed E-state index contributed by atoms with van der Waals surface area (Å²) in [6.45, 7) is 0.337. The first-order valence-electron chi connectivity index (χ1n) is 5.97. The zero-order chi connectivity index (χ0) is 15.8. The molecule has 1 fully saturated rings. The first-order chi connectivity index (χ1) is 9.73. The van der Waals surface area contributed by atoms with Crippen LogP contribution in [0.15, 0.2) is 21.9 Å². The minimum Gasteiger partial charge on any atom is -0.394 e. The van der Waals surface area contributed by atoms with Crippen molar-refractivity contribution in [3.8, 4) is 0 Å². The van der Waals surface area contributed by atoms with Crippen LogP contribution in [0.3, 0.4) is 0 Å². The second-order valence-corrected chi connectivity index (χ2v) is 6.45. The van der Waals surface area contributed by atoms with E-state index in [0.29, 0.717) is 0 Å². The average molecular weight is 322 g/mol. The quantitative estimate of drug-likeness (QED) is 0.464. The van der Waals surface area contributed by atoms with E-state index in [9.17, 15) is 29.3 Å². The molecule has 10 nitrogen and oxygen atoms in total. The number of hydrogen-bond acceptors (Lipinski definition) is 7. The summed E-state index contributed by atoms with van der Waals surface area (Å²) in [5, 5.41) is 19.3. The van der Waals surface area contributed by atoms with Crippen molar-refractivity contribution in [2.45, 2.75) is 24.5 Å². The van der Waals surface area contributed by atoms with E-state index in [4.69, 9.17) is 9.26 Å². The van der Waals surface area contributed by atoms with Gasteiger partial charge in [-0.25, -0.2) is 4.79 Å². The third-order valence-electron chi connectivity index (χ3n) is 2.93. The van der Waals surface area contributed by atoms with Crippen LogP contribution in [0.25, 0.3) is 0 Å². The zero-order valence-corrected chi connectivity index (χ0v) is 11.8. The van der Waals surface area contributed by atoms with Crippen LogP contribution in [0.5, 0.6) is 0 Å². The Bertz CT molecular complexity index is 664. The molecular weight excluding hydrogens is 307 g/mol. The van der Waals surface area contributed by atoms with E-state index in [1.807, 2.05) is 4.98 Å². The fourth-order valence-electron chi connectivity index (χ4n) is 2.08. The Balaban J connectivity index is 2.33. The second kappa shape index (κ2) is 5.84. The van der Waals surface area contributed by atoms with Gasteiger partial charge in [-0.2, -0.15) is 0 Å². The lowest BCUT2D eigenvalue weighted by atomic mass is 10.1. The summed E-state index contributed by atoms with van der Waals surface area (Å²) < 4.78 is 22.3. The lowest BCUT2D eigenvalue weighted by molar-refractivity contribution is -0.0545. The highest BCUT2D eigenvalue weighted by Gasteiger charge is 2.47. The van der Waals surface area contributed by atoms with Crippen LogP contribution in [0.1, 0.15) is 6.23 Å². The topological polar surface area (TPSA) is 151 Å². The third kappa shape index (κ3) is 3.49. The Morgan fingerprint density at radius 2 is 2.19 bits per heavy atom. The van der Waals surface area contributed by atoms with E-state index in [2.05, 4.69) is 0 Å². The highest BCUT2D eigenvalue weighted by atomic mass is 31.2. The molecule has 5 atom stereocenters. The fourth-order valence-corrected chi connectivity index (χ4v) is 2.79. The van der Waals surface area contributed by atoms with Crippen LogP contribution < -0.4 is 11.2 Å². The first-order valence-corrected chi connectivity index (χ1v) is 8.00. The lowest BCUT2D eigenvalue weighted by Crippen LogP contribution is -2.38. The molecule has 1 aliphatic rings. The number of nitrogens with one attached hydrogen (secondary N) is 1. The fraction of sp³-hybridized carbons (Fsp3) is 0.600. The molecule has 0 aliphatic carbocycles. The van der Waals surface area contributed by atoms with E-state index >= 15 is 0 Å². The molecule has 118 valence electrons. The van der Waals surface area contributed by atoms with Crippen molar-refractivity contribution in [3.05, 3.63) is 33.1 Å².